The van der Waals surface area contributed by atoms with Gasteiger partial charge in [-0.15, -0.1) is 0 Å². The van der Waals surface area contributed by atoms with Crippen LogP contribution in [-0.4, -0.2) is 47.4 Å². The second kappa shape index (κ2) is 48.0. The van der Waals surface area contributed by atoms with Crippen LogP contribution in [0.15, 0.2) is 24.3 Å². The van der Waals surface area contributed by atoms with Gasteiger partial charge in [-0.25, -0.2) is 0 Å². The highest BCUT2D eigenvalue weighted by Crippen LogP contribution is 2.16. The number of rotatable bonds is 47. The van der Waals surface area contributed by atoms with E-state index < -0.39 is 12.1 Å². The van der Waals surface area contributed by atoms with Gasteiger partial charge < -0.3 is 20.3 Å². The van der Waals surface area contributed by atoms with Gasteiger partial charge >= 0.3 is 5.97 Å². The molecule has 2 atom stereocenters. The number of aliphatic hydroxyl groups is 2. The number of carbonyl (C=O) groups is 2. The summed E-state index contributed by atoms with van der Waals surface area (Å²) >= 11 is 0. The molecule has 3 N–H and O–H groups in total. The minimum Gasteiger partial charge on any atom is -0.466 e. The summed E-state index contributed by atoms with van der Waals surface area (Å²) in [5.41, 5.74) is 0. The molecule has 2 unspecified atom stereocenters. The van der Waals surface area contributed by atoms with Crippen molar-refractivity contribution in [2.45, 2.75) is 283 Å². The molecule has 0 bridgehead atoms. The van der Waals surface area contributed by atoms with Crippen molar-refractivity contribution in [2.75, 3.05) is 13.2 Å². The lowest BCUT2D eigenvalue weighted by molar-refractivity contribution is -0.143. The minimum atomic E-state index is -0.858. The van der Waals surface area contributed by atoms with Crippen molar-refractivity contribution >= 4 is 11.9 Å². The molecule has 342 valence electrons. The van der Waals surface area contributed by atoms with Crippen LogP contribution in [0.25, 0.3) is 0 Å². The number of amides is 1. The van der Waals surface area contributed by atoms with E-state index in [-0.39, 0.29) is 18.5 Å². The third-order valence-corrected chi connectivity index (χ3v) is 11.7. The smallest absolute Gasteiger partial charge is 0.305 e. The fraction of sp³-hybridized carbons (Fsp3) is 0.885. The monoisotopic (exact) mass is 818 g/mol. The topological polar surface area (TPSA) is 95.9 Å². The number of unbranched alkanes of at least 4 members (excludes halogenated alkanes) is 34. The predicted molar refractivity (Wildman–Crippen MR) is 250 cm³/mol. The molecule has 6 heteroatoms. The first-order valence-corrected chi connectivity index (χ1v) is 25.6. The third kappa shape index (κ3) is 43.9. The molecular formula is C52H99NO5. The van der Waals surface area contributed by atoms with Crippen LogP contribution in [-0.2, 0) is 14.3 Å². The standard InChI is InChI=1S/C52H99NO5/c1-3-5-7-9-11-13-15-17-18-19-20-21-26-30-34-38-42-46-52(57)58-47-43-39-35-31-27-23-22-25-29-33-37-41-45-51(56)53-49(48-54)50(55)44-40-36-32-28-24-16-14-12-10-8-6-4-2/h23,27,40,44,49-50,54-55H,3-22,24-26,28-39,41-43,45-48H2,1-2H3,(H,53,56)/b27-23-,44-40+. The number of esters is 1. The van der Waals surface area contributed by atoms with E-state index in [2.05, 4.69) is 31.3 Å². The molecule has 0 heterocycles. The average molecular weight is 818 g/mol. The van der Waals surface area contributed by atoms with Gasteiger partial charge in [0.15, 0.2) is 0 Å². The lowest BCUT2D eigenvalue weighted by atomic mass is 10.0. The second-order valence-corrected chi connectivity index (χ2v) is 17.5. The number of nitrogens with one attached hydrogen (secondary N) is 1. The molecule has 58 heavy (non-hydrogen) atoms. The van der Waals surface area contributed by atoms with Gasteiger partial charge in [-0.2, -0.15) is 0 Å². The number of carbonyl (C=O) groups excluding carboxylic acids is 2. The number of ether oxygens (including phenoxy) is 1. The van der Waals surface area contributed by atoms with Crippen LogP contribution in [0.4, 0.5) is 0 Å². The van der Waals surface area contributed by atoms with Crippen molar-refractivity contribution in [3.63, 3.8) is 0 Å². The van der Waals surface area contributed by atoms with Gasteiger partial charge in [0.2, 0.25) is 5.91 Å². The molecule has 0 aliphatic heterocycles. The van der Waals surface area contributed by atoms with E-state index >= 15 is 0 Å². The molecular weight excluding hydrogens is 719 g/mol. The van der Waals surface area contributed by atoms with E-state index in [1.54, 1.807) is 6.08 Å². The van der Waals surface area contributed by atoms with E-state index in [0.717, 1.165) is 77.0 Å². The maximum absolute atomic E-state index is 12.4. The van der Waals surface area contributed by atoms with Crippen molar-refractivity contribution in [1.82, 2.24) is 5.32 Å². The SMILES string of the molecule is CCCCCCCCCCCC/C=C/C(O)C(CO)NC(=O)CCCCCCC/C=C\CCCCCOC(=O)CCCCCCCCCCCCCCCCCCC. The Morgan fingerprint density at radius 3 is 1.22 bits per heavy atom. The van der Waals surface area contributed by atoms with Crippen LogP contribution in [0.2, 0.25) is 0 Å². The third-order valence-electron chi connectivity index (χ3n) is 11.7. The first kappa shape index (κ1) is 56.3. The summed E-state index contributed by atoms with van der Waals surface area (Å²) in [6.07, 6.45) is 56.1. The summed E-state index contributed by atoms with van der Waals surface area (Å²) in [4.78, 5) is 24.4. The fourth-order valence-electron chi connectivity index (χ4n) is 7.74. The quantitative estimate of drug-likeness (QED) is 0.0323. The average Bonchev–Trinajstić information content (AvgIpc) is 3.22. The van der Waals surface area contributed by atoms with E-state index in [1.165, 1.54) is 167 Å². The summed E-state index contributed by atoms with van der Waals surface area (Å²) in [5.74, 6) is -0.115. The van der Waals surface area contributed by atoms with Crippen LogP contribution in [0, 0.1) is 0 Å². The molecule has 6 nitrogen and oxygen atoms in total. The van der Waals surface area contributed by atoms with E-state index in [1.807, 2.05) is 6.08 Å². The van der Waals surface area contributed by atoms with Gasteiger partial charge in [-0.3, -0.25) is 9.59 Å². The molecule has 0 radical (unpaired) electrons. The highest BCUT2D eigenvalue weighted by Gasteiger charge is 2.18. The Morgan fingerprint density at radius 1 is 0.466 bits per heavy atom. The first-order valence-electron chi connectivity index (χ1n) is 25.6. The predicted octanol–water partition coefficient (Wildman–Crippen LogP) is 15.1. The minimum absolute atomic E-state index is 0.0210. The molecule has 0 aromatic carbocycles. The molecule has 0 spiro atoms. The van der Waals surface area contributed by atoms with Gasteiger partial charge in [0.25, 0.3) is 0 Å². The van der Waals surface area contributed by atoms with Crippen LogP contribution in [0.3, 0.4) is 0 Å². The molecule has 0 aliphatic rings. The summed E-state index contributed by atoms with van der Waals surface area (Å²) in [6, 6.07) is -0.644. The van der Waals surface area contributed by atoms with E-state index in [0.29, 0.717) is 19.4 Å². The Bertz CT molecular complexity index is 904. The first-order chi connectivity index (χ1) is 28.5. The van der Waals surface area contributed by atoms with Crippen molar-refractivity contribution < 1.29 is 24.5 Å². The van der Waals surface area contributed by atoms with Crippen molar-refractivity contribution in [3.8, 4) is 0 Å². The number of hydrogen-bond acceptors (Lipinski definition) is 5. The molecule has 0 aromatic rings. The Labute approximate surface area is 361 Å². The molecule has 0 fully saturated rings. The largest absolute Gasteiger partial charge is 0.466 e. The van der Waals surface area contributed by atoms with Crippen molar-refractivity contribution in [3.05, 3.63) is 24.3 Å². The lowest BCUT2D eigenvalue weighted by Crippen LogP contribution is -2.45. The zero-order valence-corrected chi connectivity index (χ0v) is 38.8. The zero-order valence-electron chi connectivity index (χ0n) is 38.8. The highest BCUT2D eigenvalue weighted by atomic mass is 16.5. The van der Waals surface area contributed by atoms with Gasteiger partial charge in [0.05, 0.1) is 25.4 Å². The molecule has 0 aromatic heterocycles. The molecule has 0 aliphatic carbocycles. The maximum Gasteiger partial charge on any atom is 0.305 e. The Morgan fingerprint density at radius 2 is 0.810 bits per heavy atom. The highest BCUT2D eigenvalue weighted by molar-refractivity contribution is 5.76. The summed E-state index contributed by atoms with van der Waals surface area (Å²) in [6.45, 7) is 4.84. The van der Waals surface area contributed by atoms with Gasteiger partial charge in [-0.1, -0.05) is 218 Å². The number of hydrogen-bond donors (Lipinski definition) is 3. The summed E-state index contributed by atoms with van der Waals surface area (Å²) in [7, 11) is 0. The fourth-order valence-corrected chi connectivity index (χ4v) is 7.74. The number of aliphatic hydroxyl groups excluding tert-OH is 2. The summed E-state index contributed by atoms with van der Waals surface area (Å²) in [5, 5.41) is 23.0. The van der Waals surface area contributed by atoms with Crippen molar-refractivity contribution in [2.24, 2.45) is 0 Å². The Hall–Kier alpha value is -1.66. The van der Waals surface area contributed by atoms with E-state index in [9.17, 15) is 19.8 Å². The van der Waals surface area contributed by atoms with Gasteiger partial charge in [-0.05, 0) is 64.2 Å². The molecule has 0 saturated heterocycles. The number of allylic oxidation sites excluding steroid dienone is 3. The Kier molecular flexibility index (Phi) is 46.6. The normalized spacial score (nSPS) is 12.8. The van der Waals surface area contributed by atoms with Crippen LogP contribution >= 0.6 is 0 Å². The lowest BCUT2D eigenvalue weighted by Gasteiger charge is -2.20. The molecule has 0 rings (SSSR count). The summed E-state index contributed by atoms with van der Waals surface area (Å²) < 4.78 is 5.45. The van der Waals surface area contributed by atoms with Crippen LogP contribution in [0.5, 0.6) is 0 Å². The van der Waals surface area contributed by atoms with Crippen LogP contribution in [0.1, 0.15) is 271 Å². The van der Waals surface area contributed by atoms with Crippen LogP contribution < -0.4 is 5.32 Å². The van der Waals surface area contributed by atoms with Gasteiger partial charge in [0.1, 0.15) is 0 Å². The van der Waals surface area contributed by atoms with Gasteiger partial charge in [0, 0.05) is 12.8 Å². The van der Waals surface area contributed by atoms with E-state index in [4.69, 9.17) is 4.74 Å². The maximum atomic E-state index is 12.4. The van der Waals surface area contributed by atoms with Crippen molar-refractivity contribution in [1.29, 1.82) is 0 Å². The Balaban J connectivity index is 3.50. The molecule has 1 amide bonds. The molecule has 0 saturated carbocycles. The zero-order chi connectivity index (χ0) is 42.3. The second-order valence-electron chi connectivity index (χ2n) is 17.5.